The van der Waals surface area contributed by atoms with Gasteiger partial charge in [0.2, 0.25) is 6.10 Å². The summed E-state index contributed by atoms with van der Waals surface area (Å²) in [6.45, 7) is -0.483. The number of aliphatic hydroxyl groups is 1. The third-order valence-electron chi connectivity index (χ3n) is 3.44. The lowest BCUT2D eigenvalue weighted by Crippen LogP contribution is -2.57. The molecule has 0 heterocycles. The molecule has 0 aromatic heterocycles. The van der Waals surface area contributed by atoms with E-state index in [0.29, 0.717) is 11.1 Å². The zero-order chi connectivity index (χ0) is 19.0. The van der Waals surface area contributed by atoms with E-state index in [2.05, 4.69) is 0 Å². The van der Waals surface area contributed by atoms with E-state index in [4.69, 9.17) is 19.6 Å². The molecule has 2 unspecified atom stereocenters. The average molecular weight is 362 g/mol. The van der Waals surface area contributed by atoms with Crippen LogP contribution in [0.3, 0.4) is 0 Å². The zero-order valence-corrected chi connectivity index (χ0v) is 13.6. The van der Waals surface area contributed by atoms with Crippen LogP contribution in [0.25, 0.3) is 0 Å². The minimum Gasteiger partial charge on any atom is -0.479 e. The summed E-state index contributed by atoms with van der Waals surface area (Å²) in [6.07, 6.45) is -2.51. The molecule has 0 bridgehead atoms. The van der Waals surface area contributed by atoms with Crippen LogP contribution in [0.4, 0.5) is 0 Å². The highest BCUT2D eigenvalue weighted by Gasteiger charge is 2.54. The van der Waals surface area contributed by atoms with Crippen molar-refractivity contribution in [2.24, 2.45) is 0 Å². The lowest BCUT2D eigenvalue weighted by molar-refractivity contribution is -0.438. The minimum atomic E-state index is -2.93. The Morgan fingerprint density at radius 3 is 1.85 bits per heavy atom. The molecule has 0 spiro atoms. The second-order valence-electron chi connectivity index (χ2n) is 5.32. The predicted molar refractivity (Wildman–Crippen MR) is 87.6 cm³/mol. The Kier molecular flexibility index (Phi) is 6.81. The zero-order valence-electron chi connectivity index (χ0n) is 13.6. The molecule has 0 amide bonds. The van der Waals surface area contributed by atoms with Crippen LogP contribution in [0.2, 0.25) is 0 Å². The summed E-state index contributed by atoms with van der Waals surface area (Å²) in [5, 5.41) is 28.4. The molecular formula is C18H18O8. The van der Waals surface area contributed by atoms with Crippen LogP contribution in [0.15, 0.2) is 60.7 Å². The van der Waals surface area contributed by atoms with Crippen molar-refractivity contribution in [1.29, 1.82) is 0 Å². The van der Waals surface area contributed by atoms with Gasteiger partial charge >= 0.3 is 17.7 Å². The van der Waals surface area contributed by atoms with Gasteiger partial charge in [-0.1, -0.05) is 60.7 Å². The fraction of sp³-hybridized carbons (Fsp3) is 0.222. The second kappa shape index (κ2) is 9.07. The van der Waals surface area contributed by atoms with Crippen LogP contribution < -0.4 is 0 Å². The summed E-state index contributed by atoms with van der Waals surface area (Å²) >= 11 is 0. The van der Waals surface area contributed by atoms with E-state index >= 15 is 0 Å². The van der Waals surface area contributed by atoms with E-state index in [-0.39, 0.29) is 13.2 Å². The number of hydrogen-bond donors (Lipinski definition) is 3. The Morgan fingerprint density at radius 2 is 1.38 bits per heavy atom. The van der Waals surface area contributed by atoms with Gasteiger partial charge in [-0.25, -0.2) is 14.5 Å². The smallest absolute Gasteiger partial charge is 0.370 e. The molecule has 0 fully saturated rings. The molecule has 26 heavy (non-hydrogen) atoms. The summed E-state index contributed by atoms with van der Waals surface area (Å²) < 4.78 is 5.16. The number of benzene rings is 2. The molecule has 2 rings (SSSR count). The number of rotatable bonds is 10. The van der Waals surface area contributed by atoms with Crippen molar-refractivity contribution in [3.05, 3.63) is 71.8 Å². The number of carboxylic acids is 2. The summed E-state index contributed by atoms with van der Waals surface area (Å²) in [6, 6.07) is 17.1. The molecule has 2 aromatic carbocycles. The number of carbonyl (C=O) groups is 2. The van der Waals surface area contributed by atoms with Gasteiger partial charge < -0.3 is 20.1 Å². The molecule has 0 radical (unpaired) electrons. The van der Waals surface area contributed by atoms with Crippen molar-refractivity contribution in [3.63, 3.8) is 0 Å². The Morgan fingerprint density at radius 1 is 0.885 bits per heavy atom. The van der Waals surface area contributed by atoms with E-state index in [0.717, 1.165) is 0 Å². The van der Waals surface area contributed by atoms with E-state index < -0.39 is 23.8 Å². The maximum Gasteiger partial charge on any atom is 0.370 e. The lowest BCUT2D eigenvalue weighted by Gasteiger charge is -2.30. The molecule has 0 aliphatic rings. The molecule has 0 saturated carbocycles. The van der Waals surface area contributed by atoms with E-state index in [9.17, 15) is 19.8 Å². The van der Waals surface area contributed by atoms with E-state index in [1.54, 1.807) is 60.7 Å². The Bertz CT molecular complexity index is 718. The SMILES string of the molecule is O=C(O)C(O)C(OCc1ccccc1)(OOCc1ccccc1)C(=O)O. The van der Waals surface area contributed by atoms with Gasteiger partial charge in [-0.05, 0) is 11.1 Å². The maximum atomic E-state index is 11.7. The van der Waals surface area contributed by atoms with Gasteiger partial charge in [0.25, 0.3) is 0 Å². The lowest BCUT2D eigenvalue weighted by atomic mass is 10.1. The normalized spacial score (nSPS) is 14.3. The van der Waals surface area contributed by atoms with E-state index in [1.807, 2.05) is 0 Å². The first-order chi connectivity index (χ1) is 12.5. The van der Waals surface area contributed by atoms with Crippen molar-refractivity contribution >= 4 is 11.9 Å². The molecule has 0 saturated heterocycles. The van der Waals surface area contributed by atoms with Crippen molar-refractivity contribution in [1.82, 2.24) is 0 Å². The number of aliphatic hydroxyl groups excluding tert-OH is 1. The van der Waals surface area contributed by atoms with Crippen LogP contribution >= 0.6 is 0 Å². The van der Waals surface area contributed by atoms with Crippen LogP contribution in [0, 0.1) is 0 Å². The Balaban J connectivity index is 2.15. The average Bonchev–Trinajstić information content (AvgIpc) is 2.65. The molecular weight excluding hydrogens is 344 g/mol. The molecule has 2 atom stereocenters. The minimum absolute atomic E-state index is 0.170. The maximum absolute atomic E-state index is 11.7. The first-order valence-corrected chi connectivity index (χ1v) is 7.62. The molecule has 0 aliphatic carbocycles. The van der Waals surface area contributed by atoms with Gasteiger partial charge in [-0.2, -0.15) is 4.89 Å². The number of hydrogen-bond acceptors (Lipinski definition) is 6. The van der Waals surface area contributed by atoms with E-state index in [1.165, 1.54) is 0 Å². The van der Waals surface area contributed by atoms with Crippen LogP contribution in [0.5, 0.6) is 0 Å². The fourth-order valence-electron chi connectivity index (χ4n) is 2.05. The summed E-state index contributed by atoms with van der Waals surface area (Å²) in [5.41, 5.74) is 1.21. The number of aliphatic carboxylic acids is 2. The largest absolute Gasteiger partial charge is 0.479 e. The van der Waals surface area contributed by atoms with Crippen LogP contribution in [0.1, 0.15) is 11.1 Å². The van der Waals surface area contributed by atoms with Gasteiger partial charge in [0.15, 0.2) is 0 Å². The standard InChI is InChI=1S/C18H18O8/c19-15(16(20)21)18(17(22)23,24-11-13-7-3-1-4-8-13)26-25-12-14-9-5-2-6-10-14/h1-10,15,19H,11-12H2,(H,20,21)(H,22,23). The molecule has 8 nitrogen and oxygen atoms in total. The van der Waals surface area contributed by atoms with Crippen molar-refractivity contribution < 1.29 is 39.4 Å². The third-order valence-corrected chi connectivity index (χ3v) is 3.44. The van der Waals surface area contributed by atoms with Gasteiger partial charge in [0, 0.05) is 0 Å². The van der Waals surface area contributed by atoms with Gasteiger partial charge in [0.05, 0.1) is 6.61 Å². The summed E-state index contributed by atoms with van der Waals surface area (Å²) in [7, 11) is 0. The van der Waals surface area contributed by atoms with Gasteiger partial charge in [0.1, 0.15) is 6.61 Å². The first-order valence-electron chi connectivity index (χ1n) is 7.62. The first kappa shape index (κ1) is 19.5. The van der Waals surface area contributed by atoms with Crippen molar-refractivity contribution in [3.8, 4) is 0 Å². The van der Waals surface area contributed by atoms with Crippen molar-refractivity contribution in [2.45, 2.75) is 25.1 Å². The Hall–Kier alpha value is -2.78. The van der Waals surface area contributed by atoms with Crippen LogP contribution in [-0.2, 0) is 37.3 Å². The third kappa shape index (κ3) is 4.87. The van der Waals surface area contributed by atoms with Crippen LogP contribution in [-0.4, -0.2) is 39.1 Å². The van der Waals surface area contributed by atoms with Crippen molar-refractivity contribution in [2.75, 3.05) is 0 Å². The molecule has 2 aromatic rings. The van der Waals surface area contributed by atoms with Gasteiger partial charge in [-0.3, -0.25) is 0 Å². The summed E-state index contributed by atoms with van der Waals surface area (Å²) in [4.78, 5) is 32.5. The molecule has 0 aliphatic heterocycles. The highest BCUT2D eigenvalue weighted by molar-refractivity contribution is 5.85. The molecule has 3 N–H and O–H groups in total. The quantitative estimate of drug-likeness (QED) is 0.331. The summed E-state index contributed by atoms with van der Waals surface area (Å²) in [5.74, 6) is -6.60. The molecule has 8 heteroatoms. The second-order valence-corrected chi connectivity index (χ2v) is 5.32. The highest BCUT2D eigenvalue weighted by Crippen LogP contribution is 2.23. The number of ether oxygens (including phenoxy) is 1. The fourth-order valence-corrected chi connectivity index (χ4v) is 2.05. The predicted octanol–water partition coefficient (Wildman–Crippen LogP) is 1.58. The highest BCUT2D eigenvalue weighted by atomic mass is 17.2. The monoisotopic (exact) mass is 362 g/mol. The molecule has 138 valence electrons. The Labute approximate surface area is 149 Å². The number of carboxylic acid groups (broad SMARTS) is 2. The topological polar surface area (TPSA) is 123 Å². The van der Waals surface area contributed by atoms with Gasteiger partial charge in [-0.15, -0.1) is 0 Å².